The van der Waals surface area contributed by atoms with Gasteiger partial charge in [0.1, 0.15) is 0 Å². The summed E-state index contributed by atoms with van der Waals surface area (Å²) in [5.74, 6) is 0.395. The normalized spacial score (nSPS) is 54.1. The molecular weight excluding hydrogens is 424 g/mol. The van der Waals surface area contributed by atoms with Crippen molar-refractivity contribution in [2.75, 3.05) is 6.61 Å². The molecule has 0 radical (unpaired) electrons. The molecule has 34 heavy (non-hydrogen) atoms. The van der Waals surface area contributed by atoms with Crippen molar-refractivity contribution in [3.05, 3.63) is 11.6 Å². The zero-order valence-corrected chi connectivity index (χ0v) is 22.4. The van der Waals surface area contributed by atoms with Crippen molar-refractivity contribution in [2.45, 2.75) is 112 Å². The van der Waals surface area contributed by atoms with Crippen LogP contribution in [0.4, 0.5) is 0 Å². The lowest BCUT2D eigenvalue weighted by Crippen LogP contribution is -2.65. The molecule has 0 aromatic rings. The Morgan fingerprint density at radius 2 is 1.62 bits per heavy atom. The number of fused-ring (bicyclic) bond motifs is 7. The summed E-state index contributed by atoms with van der Waals surface area (Å²) in [6.07, 6.45) is 11.6. The third-order valence-electron chi connectivity index (χ3n) is 13.2. The minimum atomic E-state index is -0.588. The molecule has 3 N–H and O–H groups in total. The van der Waals surface area contributed by atoms with Gasteiger partial charge in [0.15, 0.2) is 0 Å². The molecule has 0 aliphatic heterocycles. The van der Waals surface area contributed by atoms with Crippen LogP contribution in [0.15, 0.2) is 11.6 Å². The van der Waals surface area contributed by atoms with Crippen LogP contribution in [0.5, 0.6) is 0 Å². The van der Waals surface area contributed by atoms with E-state index in [1.165, 1.54) is 5.57 Å². The molecule has 5 aliphatic carbocycles. The Morgan fingerprint density at radius 3 is 2.26 bits per heavy atom. The largest absolute Gasteiger partial charge is 0.481 e. The Bertz CT molecular complexity index is 907. The van der Waals surface area contributed by atoms with Gasteiger partial charge in [0, 0.05) is 5.41 Å². The van der Waals surface area contributed by atoms with Crippen molar-refractivity contribution >= 4 is 5.97 Å². The summed E-state index contributed by atoms with van der Waals surface area (Å²) in [4.78, 5) is 12.8. The van der Waals surface area contributed by atoms with Crippen LogP contribution in [0.1, 0.15) is 106 Å². The lowest BCUT2D eigenvalue weighted by molar-refractivity contribution is -0.216. The first-order chi connectivity index (χ1) is 15.7. The Labute approximate surface area is 206 Å². The summed E-state index contributed by atoms with van der Waals surface area (Å²) in [6.45, 7) is 14.3. The average molecular weight is 473 g/mol. The predicted octanol–water partition coefficient (Wildman–Crippen LogP) is 6.21. The molecule has 4 saturated carbocycles. The standard InChI is InChI=1S/C30H48O4/c1-25(2)13-15-30(24(33)34)16-14-28(5)19(20(30)17-25)7-8-22-26(3)11-10-23(32)27(4,18-31)21(26)9-12-29(22,28)6/h7,20-23,31-32H,8-18H2,1-6H3,(H,33,34)/t20-,21+,22+,23?,26-,27-,28+,29+,30-/m0/s1. The molecule has 1 unspecified atom stereocenters. The van der Waals surface area contributed by atoms with Crippen molar-refractivity contribution in [3.63, 3.8) is 0 Å². The van der Waals surface area contributed by atoms with E-state index < -0.39 is 22.9 Å². The maximum Gasteiger partial charge on any atom is 0.310 e. The zero-order chi connectivity index (χ0) is 24.9. The highest BCUT2D eigenvalue weighted by Crippen LogP contribution is 2.75. The highest BCUT2D eigenvalue weighted by atomic mass is 16.4. The van der Waals surface area contributed by atoms with E-state index in [0.717, 1.165) is 64.2 Å². The number of hydrogen-bond donors (Lipinski definition) is 3. The van der Waals surface area contributed by atoms with Gasteiger partial charge in [0.2, 0.25) is 0 Å². The molecule has 192 valence electrons. The van der Waals surface area contributed by atoms with Gasteiger partial charge in [-0.2, -0.15) is 0 Å². The van der Waals surface area contributed by atoms with E-state index in [-0.39, 0.29) is 34.2 Å². The van der Waals surface area contributed by atoms with E-state index in [9.17, 15) is 20.1 Å². The van der Waals surface area contributed by atoms with Gasteiger partial charge in [0.05, 0.1) is 18.1 Å². The van der Waals surface area contributed by atoms with Crippen LogP contribution in [-0.2, 0) is 4.79 Å². The number of aliphatic carboxylic acids is 1. The minimum Gasteiger partial charge on any atom is -0.481 e. The SMILES string of the molecule is CC1(C)CC[C@]2(C(=O)O)CC[C@]3(C)C(=CC[C@@H]4[C@@]5(C)CCC(O)[C@@](C)(CO)[C@@H]5CC[C@]43C)[C@@H]2C1. The first-order valence-corrected chi connectivity index (χ1v) is 13.9. The molecule has 0 amide bonds. The lowest BCUT2D eigenvalue weighted by Gasteiger charge is -2.71. The molecule has 0 aromatic carbocycles. The lowest BCUT2D eigenvalue weighted by atomic mass is 9.33. The van der Waals surface area contributed by atoms with Crippen molar-refractivity contribution in [1.29, 1.82) is 0 Å². The first-order valence-electron chi connectivity index (χ1n) is 13.9. The number of hydrogen-bond acceptors (Lipinski definition) is 3. The van der Waals surface area contributed by atoms with Crippen LogP contribution in [0.25, 0.3) is 0 Å². The molecule has 5 aliphatic rings. The summed E-state index contributed by atoms with van der Waals surface area (Å²) >= 11 is 0. The van der Waals surface area contributed by atoms with E-state index in [4.69, 9.17) is 0 Å². The van der Waals surface area contributed by atoms with Gasteiger partial charge in [-0.05, 0) is 104 Å². The van der Waals surface area contributed by atoms with E-state index in [2.05, 4.69) is 47.6 Å². The smallest absolute Gasteiger partial charge is 0.310 e. The van der Waals surface area contributed by atoms with Crippen molar-refractivity contribution in [3.8, 4) is 0 Å². The van der Waals surface area contributed by atoms with Gasteiger partial charge in [0.25, 0.3) is 0 Å². The Kier molecular flexibility index (Phi) is 5.36. The molecule has 0 bridgehead atoms. The Hall–Kier alpha value is -0.870. The minimum absolute atomic E-state index is 0.0204. The van der Waals surface area contributed by atoms with E-state index in [1.54, 1.807) is 0 Å². The number of rotatable bonds is 2. The summed E-state index contributed by atoms with van der Waals surface area (Å²) in [6, 6.07) is 0. The van der Waals surface area contributed by atoms with Crippen LogP contribution < -0.4 is 0 Å². The molecule has 9 atom stereocenters. The maximum atomic E-state index is 12.8. The van der Waals surface area contributed by atoms with Gasteiger partial charge >= 0.3 is 5.97 Å². The number of carbonyl (C=O) groups is 1. The summed E-state index contributed by atoms with van der Waals surface area (Å²) in [7, 11) is 0. The Balaban J connectivity index is 1.60. The molecule has 0 spiro atoms. The molecule has 0 aromatic heterocycles. The van der Waals surface area contributed by atoms with Crippen LogP contribution in [0.3, 0.4) is 0 Å². The van der Waals surface area contributed by atoms with Gasteiger partial charge in [-0.15, -0.1) is 0 Å². The fraction of sp³-hybridized carbons (Fsp3) is 0.900. The van der Waals surface area contributed by atoms with Gasteiger partial charge < -0.3 is 15.3 Å². The van der Waals surface area contributed by atoms with Gasteiger partial charge in [-0.1, -0.05) is 53.2 Å². The molecular formula is C30H48O4. The fourth-order valence-corrected chi connectivity index (χ4v) is 10.7. The highest BCUT2D eigenvalue weighted by Gasteiger charge is 2.69. The number of aliphatic hydroxyl groups excluding tert-OH is 2. The first kappa shape index (κ1) is 24.8. The van der Waals surface area contributed by atoms with Crippen LogP contribution in [0.2, 0.25) is 0 Å². The second kappa shape index (κ2) is 7.34. The van der Waals surface area contributed by atoms with E-state index >= 15 is 0 Å². The summed E-state index contributed by atoms with van der Waals surface area (Å²) < 4.78 is 0. The van der Waals surface area contributed by atoms with E-state index in [0.29, 0.717) is 11.8 Å². The summed E-state index contributed by atoms with van der Waals surface area (Å²) in [5.41, 5.74) is 0.858. The van der Waals surface area contributed by atoms with Crippen molar-refractivity contribution in [2.24, 2.45) is 50.2 Å². The molecule has 5 rings (SSSR count). The second-order valence-electron chi connectivity index (χ2n) is 14.9. The number of carboxylic acids is 1. The highest BCUT2D eigenvalue weighted by molar-refractivity contribution is 5.76. The number of aliphatic hydroxyl groups is 2. The van der Waals surface area contributed by atoms with E-state index in [1.807, 2.05) is 0 Å². The molecule has 4 nitrogen and oxygen atoms in total. The monoisotopic (exact) mass is 472 g/mol. The average Bonchev–Trinajstić information content (AvgIpc) is 2.76. The predicted molar refractivity (Wildman–Crippen MR) is 134 cm³/mol. The van der Waals surface area contributed by atoms with Crippen LogP contribution in [0, 0.1) is 50.2 Å². The maximum absolute atomic E-state index is 12.8. The van der Waals surface area contributed by atoms with Crippen LogP contribution >= 0.6 is 0 Å². The van der Waals surface area contributed by atoms with Gasteiger partial charge in [-0.25, -0.2) is 0 Å². The van der Waals surface area contributed by atoms with Gasteiger partial charge in [-0.3, -0.25) is 4.79 Å². The number of allylic oxidation sites excluding steroid dienone is 2. The van der Waals surface area contributed by atoms with Crippen molar-refractivity contribution < 1.29 is 20.1 Å². The van der Waals surface area contributed by atoms with Crippen molar-refractivity contribution in [1.82, 2.24) is 0 Å². The summed E-state index contributed by atoms with van der Waals surface area (Å²) in [5, 5.41) is 31.8. The Morgan fingerprint density at radius 1 is 0.941 bits per heavy atom. The zero-order valence-electron chi connectivity index (χ0n) is 22.4. The van der Waals surface area contributed by atoms with Crippen LogP contribution in [-0.4, -0.2) is 34.0 Å². The fourth-order valence-electron chi connectivity index (χ4n) is 10.7. The molecule has 4 heteroatoms. The quantitative estimate of drug-likeness (QED) is 0.418. The second-order valence-corrected chi connectivity index (χ2v) is 14.9. The topological polar surface area (TPSA) is 77.8 Å². The third-order valence-corrected chi connectivity index (χ3v) is 13.2. The molecule has 4 fully saturated rings. The number of carboxylic acid groups (broad SMARTS) is 1. The third kappa shape index (κ3) is 2.88. The molecule has 0 saturated heterocycles. The molecule has 0 heterocycles.